The van der Waals surface area contributed by atoms with Crippen LogP contribution in [-0.2, 0) is 9.47 Å². The van der Waals surface area contributed by atoms with Gasteiger partial charge in [0.15, 0.2) is 0 Å². The molecule has 1 N–H and O–H groups in total. The third kappa shape index (κ3) is 6.09. The highest BCUT2D eigenvalue weighted by Gasteiger charge is 2.15. The number of hydrogen-bond donors (Lipinski definition) is 1. The number of carbonyl (C=O) groups is 1. The predicted octanol–water partition coefficient (Wildman–Crippen LogP) is 2.10. The summed E-state index contributed by atoms with van der Waals surface area (Å²) in [6.07, 6.45) is -0.469. The molecule has 0 bridgehead atoms. The smallest absolute Gasteiger partial charge is 0.408 e. The summed E-state index contributed by atoms with van der Waals surface area (Å²) in [7, 11) is 0. The first-order chi connectivity index (χ1) is 11.3. The molecule has 0 saturated carbocycles. The lowest BCUT2D eigenvalue weighted by Crippen LogP contribution is -2.36. The maximum Gasteiger partial charge on any atom is 0.408 e. The summed E-state index contributed by atoms with van der Waals surface area (Å²) in [4.78, 5) is 18.3. The fraction of sp³-hybridized carbons (Fsp3) is 0.556. The van der Waals surface area contributed by atoms with Crippen LogP contribution in [0, 0.1) is 18.8 Å². The molecule has 0 unspecified atom stereocenters. The van der Waals surface area contributed by atoms with Gasteiger partial charge in [0.2, 0.25) is 0 Å². The molecule has 24 heavy (non-hydrogen) atoms. The molecule has 1 amide bonds. The van der Waals surface area contributed by atoms with Crippen molar-refractivity contribution >= 4 is 11.9 Å². The van der Waals surface area contributed by atoms with Crippen molar-refractivity contribution in [1.82, 2.24) is 10.3 Å². The van der Waals surface area contributed by atoms with Crippen LogP contribution >= 0.6 is 0 Å². The quantitative estimate of drug-likeness (QED) is 0.841. The summed E-state index contributed by atoms with van der Waals surface area (Å²) in [5.41, 5.74) is 1.29. The zero-order valence-electron chi connectivity index (χ0n) is 14.8. The Bertz CT molecular complexity index is 635. The Morgan fingerprint density at radius 1 is 1.38 bits per heavy atom. The number of pyridine rings is 1. The van der Waals surface area contributed by atoms with Gasteiger partial charge in [-0.1, -0.05) is 5.92 Å². The van der Waals surface area contributed by atoms with Crippen LogP contribution in [0.5, 0.6) is 0 Å². The Kier molecular flexibility index (Phi) is 6.04. The minimum absolute atomic E-state index is 0.220. The number of aryl methyl sites for hydroxylation is 1. The van der Waals surface area contributed by atoms with Gasteiger partial charge < -0.3 is 19.7 Å². The zero-order chi connectivity index (χ0) is 17.6. The minimum Gasteiger partial charge on any atom is -0.444 e. The molecule has 1 aromatic rings. The lowest BCUT2D eigenvalue weighted by Gasteiger charge is -2.28. The van der Waals surface area contributed by atoms with Gasteiger partial charge >= 0.3 is 6.09 Å². The van der Waals surface area contributed by atoms with Crippen molar-refractivity contribution in [3.8, 4) is 11.8 Å². The van der Waals surface area contributed by atoms with Gasteiger partial charge in [-0.15, -0.1) is 0 Å². The topological polar surface area (TPSA) is 63.7 Å². The number of nitrogens with zero attached hydrogens (tertiary/aromatic N) is 2. The van der Waals surface area contributed by atoms with Crippen molar-refractivity contribution in [3.05, 3.63) is 23.4 Å². The van der Waals surface area contributed by atoms with E-state index in [2.05, 4.69) is 33.1 Å². The van der Waals surface area contributed by atoms with E-state index in [1.54, 1.807) is 0 Å². The van der Waals surface area contributed by atoms with Crippen molar-refractivity contribution in [2.75, 3.05) is 37.7 Å². The molecule has 1 aliphatic heterocycles. The molecule has 1 fully saturated rings. The van der Waals surface area contributed by atoms with Gasteiger partial charge in [-0.25, -0.2) is 9.78 Å². The maximum atomic E-state index is 11.5. The molecule has 2 heterocycles. The summed E-state index contributed by atoms with van der Waals surface area (Å²) in [5.74, 6) is 6.82. The summed E-state index contributed by atoms with van der Waals surface area (Å²) < 4.78 is 10.5. The molecule has 1 aliphatic rings. The first-order valence-electron chi connectivity index (χ1n) is 8.10. The molecule has 0 aliphatic carbocycles. The highest BCUT2D eigenvalue weighted by Crippen LogP contribution is 2.15. The summed E-state index contributed by atoms with van der Waals surface area (Å²) in [6, 6.07) is 3.99. The molecular weight excluding hydrogens is 306 g/mol. The normalized spacial score (nSPS) is 14.6. The lowest BCUT2D eigenvalue weighted by atomic mass is 10.2. The van der Waals surface area contributed by atoms with E-state index in [1.807, 2.05) is 33.8 Å². The number of alkyl carbamates (subject to hydrolysis) is 1. The number of nitrogens with one attached hydrogen (secondary N) is 1. The molecule has 1 saturated heterocycles. The largest absolute Gasteiger partial charge is 0.444 e. The number of rotatable bonds is 2. The Labute approximate surface area is 143 Å². The first kappa shape index (κ1) is 18.1. The number of carbonyl (C=O) groups excluding carboxylic acids is 1. The summed E-state index contributed by atoms with van der Waals surface area (Å²) in [5, 5.41) is 2.61. The maximum absolute atomic E-state index is 11.5. The summed E-state index contributed by atoms with van der Waals surface area (Å²) >= 11 is 0. The minimum atomic E-state index is -0.511. The zero-order valence-corrected chi connectivity index (χ0v) is 14.8. The Morgan fingerprint density at radius 3 is 2.75 bits per heavy atom. The molecule has 0 aromatic carbocycles. The van der Waals surface area contributed by atoms with Crippen molar-refractivity contribution in [1.29, 1.82) is 0 Å². The van der Waals surface area contributed by atoms with Gasteiger partial charge in [0.25, 0.3) is 0 Å². The monoisotopic (exact) mass is 331 g/mol. The second-order valence-electron chi connectivity index (χ2n) is 6.64. The van der Waals surface area contributed by atoms with Crippen LogP contribution in [0.15, 0.2) is 12.1 Å². The number of amides is 1. The van der Waals surface area contributed by atoms with E-state index in [0.717, 1.165) is 37.7 Å². The Morgan fingerprint density at radius 2 is 2.08 bits per heavy atom. The summed E-state index contributed by atoms with van der Waals surface area (Å²) in [6.45, 7) is 10.8. The number of ether oxygens (including phenoxy) is 2. The fourth-order valence-corrected chi connectivity index (χ4v) is 2.23. The van der Waals surface area contributed by atoms with Gasteiger partial charge in [-0.2, -0.15) is 0 Å². The number of anilines is 1. The second-order valence-corrected chi connectivity index (χ2v) is 6.64. The second kappa shape index (κ2) is 8.02. The van der Waals surface area contributed by atoms with E-state index >= 15 is 0 Å². The van der Waals surface area contributed by atoms with Crippen LogP contribution in [0.4, 0.5) is 10.6 Å². The van der Waals surface area contributed by atoms with Gasteiger partial charge in [-0.05, 0) is 51.3 Å². The average Bonchev–Trinajstić information content (AvgIpc) is 2.50. The molecule has 6 heteroatoms. The van der Waals surface area contributed by atoms with Gasteiger partial charge in [-0.3, -0.25) is 0 Å². The van der Waals surface area contributed by atoms with Crippen molar-refractivity contribution in [2.45, 2.75) is 33.3 Å². The van der Waals surface area contributed by atoms with Gasteiger partial charge in [0, 0.05) is 13.1 Å². The van der Waals surface area contributed by atoms with Crippen molar-refractivity contribution < 1.29 is 14.3 Å². The van der Waals surface area contributed by atoms with E-state index in [9.17, 15) is 4.79 Å². The SMILES string of the molecule is Cc1cc(C#CCNC(=O)OC(C)(C)C)nc(N2CCOCC2)c1. The fourth-order valence-electron chi connectivity index (χ4n) is 2.23. The first-order valence-corrected chi connectivity index (χ1v) is 8.10. The average molecular weight is 331 g/mol. The third-order valence-corrected chi connectivity index (χ3v) is 3.23. The van der Waals surface area contributed by atoms with Crippen LogP contribution < -0.4 is 10.2 Å². The number of morpholine rings is 1. The van der Waals surface area contributed by atoms with E-state index in [4.69, 9.17) is 9.47 Å². The molecule has 0 radical (unpaired) electrons. The molecule has 0 spiro atoms. The lowest BCUT2D eigenvalue weighted by molar-refractivity contribution is 0.0535. The standard InChI is InChI=1S/C18H25N3O3/c1-14-12-15(6-5-7-19-17(22)24-18(2,3)4)20-16(13-14)21-8-10-23-11-9-21/h12-13H,7-11H2,1-4H3,(H,19,22). The van der Waals surface area contributed by atoms with E-state index in [0.29, 0.717) is 5.69 Å². The Balaban J connectivity index is 1.95. The van der Waals surface area contributed by atoms with Crippen LogP contribution in [0.3, 0.4) is 0 Å². The highest BCUT2D eigenvalue weighted by atomic mass is 16.6. The van der Waals surface area contributed by atoms with Crippen LogP contribution in [0.2, 0.25) is 0 Å². The molecule has 130 valence electrons. The van der Waals surface area contributed by atoms with E-state index < -0.39 is 11.7 Å². The van der Waals surface area contributed by atoms with Crippen molar-refractivity contribution in [2.24, 2.45) is 0 Å². The third-order valence-electron chi connectivity index (χ3n) is 3.23. The van der Waals surface area contributed by atoms with Crippen molar-refractivity contribution in [3.63, 3.8) is 0 Å². The molecule has 1 aromatic heterocycles. The van der Waals surface area contributed by atoms with Gasteiger partial charge in [0.1, 0.15) is 17.1 Å². The predicted molar refractivity (Wildman–Crippen MR) is 93.1 cm³/mol. The van der Waals surface area contributed by atoms with E-state index in [-0.39, 0.29) is 6.54 Å². The van der Waals surface area contributed by atoms with Crippen LogP contribution in [0.1, 0.15) is 32.0 Å². The Hall–Kier alpha value is -2.26. The molecular formula is C18H25N3O3. The molecule has 2 rings (SSSR count). The highest BCUT2D eigenvalue weighted by molar-refractivity contribution is 5.68. The van der Waals surface area contributed by atoms with Crippen LogP contribution in [0.25, 0.3) is 0 Å². The number of hydrogen-bond acceptors (Lipinski definition) is 5. The van der Waals surface area contributed by atoms with Gasteiger partial charge in [0.05, 0.1) is 19.8 Å². The molecule has 0 atom stereocenters. The molecule has 6 nitrogen and oxygen atoms in total. The van der Waals surface area contributed by atoms with Crippen LogP contribution in [-0.4, -0.2) is 49.5 Å². The van der Waals surface area contributed by atoms with E-state index in [1.165, 1.54) is 0 Å². The number of aromatic nitrogens is 1.